The van der Waals surface area contributed by atoms with Gasteiger partial charge in [0.2, 0.25) is 0 Å². The number of pyridine rings is 1. The monoisotopic (exact) mass is 998 g/mol. The Labute approximate surface area is 468 Å². The molecular formula is C70H68N4O. The third-order valence-corrected chi connectivity index (χ3v) is 15.0. The van der Waals surface area contributed by atoms with E-state index in [-0.39, 0.29) is 75.9 Å². The van der Waals surface area contributed by atoms with Gasteiger partial charge in [-0.05, 0) is 134 Å². The minimum absolute atomic E-state index is 0.0165. The molecule has 8 aromatic carbocycles. The summed E-state index contributed by atoms with van der Waals surface area (Å²) in [6.45, 7) is 20.1. The summed E-state index contributed by atoms with van der Waals surface area (Å²) < 4.78 is 163. The highest BCUT2D eigenvalue weighted by Crippen LogP contribution is 2.53. The number of nitrogens with zero attached hydrogens (tertiary/aromatic N) is 4. The fraction of sp³-hybridized carbons (Fsp3) is 0.243. The zero-order chi connectivity index (χ0) is 66.8. The third-order valence-electron chi connectivity index (χ3n) is 15.0. The first kappa shape index (κ1) is 32.4. The Balaban J connectivity index is 1.03. The van der Waals surface area contributed by atoms with E-state index in [1.807, 2.05) is 106 Å². The molecule has 0 bridgehead atoms. The van der Waals surface area contributed by atoms with Crippen molar-refractivity contribution in [3.63, 3.8) is 0 Å². The Bertz CT molecular complexity index is 4790. The number of hydrogen-bond acceptors (Lipinski definition) is 4. The molecule has 0 amide bonds. The van der Waals surface area contributed by atoms with Crippen LogP contribution in [0.2, 0.25) is 0 Å². The highest BCUT2D eigenvalue weighted by atomic mass is 16.5. The summed E-state index contributed by atoms with van der Waals surface area (Å²) in [6.07, 6.45) is 2.93. The molecule has 0 radical (unpaired) electrons. The first-order chi connectivity index (χ1) is 43.0. The molecule has 2 aromatic heterocycles. The van der Waals surface area contributed by atoms with Crippen LogP contribution in [0.3, 0.4) is 0 Å². The van der Waals surface area contributed by atoms with Gasteiger partial charge in [0.15, 0.2) is 0 Å². The first-order valence-corrected chi connectivity index (χ1v) is 25.5. The van der Waals surface area contributed by atoms with E-state index in [4.69, 9.17) is 23.4 Å². The van der Waals surface area contributed by atoms with E-state index in [9.17, 15) is 9.60 Å². The average Bonchev–Trinajstić information content (AvgIpc) is 1.13. The van der Waals surface area contributed by atoms with E-state index in [2.05, 4.69) is 27.7 Å². The highest BCUT2D eigenvalue weighted by molar-refractivity contribution is 6.09. The van der Waals surface area contributed by atoms with Gasteiger partial charge in [0.1, 0.15) is 24.0 Å². The summed E-state index contributed by atoms with van der Waals surface area (Å²) in [7, 11) is 0. The largest absolute Gasteiger partial charge is 0.457 e. The van der Waals surface area contributed by atoms with Gasteiger partial charge in [-0.2, -0.15) is 0 Å². The number of rotatable bonds is 8. The Morgan fingerprint density at radius 1 is 0.533 bits per heavy atom. The maximum Gasteiger partial charge on any atom is 0.137 e. The molecule has 0 fully saturated rings. The van der Waals surface area contributed by atoms with Crippen molar-refractivity contribution >= 4 is 44.6 Å². The fourth-order valence-electron chi connectivity index (χ4n) is 10.8. The molecule has 1 aliphatic carbocycles. The summed E-state index contributed by atoms with van der Waals surface area (Å²) in [5.74, 6) is 0.936. The molecule has 3 heterocycles. The molecule has 75 heavy (non-hydrogen) atoms. The third kappa shape index (κ3) is 8.57. The molecule has 2 aliphatic rings. The Kier molecular flexibility index (Phi) is 7.74. The van der Waals surface area contributed by atoms with Crippen LogP contribution in [0.4, 0.5) is 22.7 Å². The van der Waals surface area contributed by atoms with E-state index in [1.54, 1.807) is 34.9 Å². The topological polar surface area (TPSA) is 33.5 Å². The maximum absolute atomic E-state index is 10.3. The van der Waals surface area contributed by atoms with Gasteiger partial charge in [-0.15, -0.1) is 0 Å². The zero-order valence-corrected chi connectivity index (χ0v) is 44.0. The minimum atomic E-state index is -0.717. The molecule has 10 aromatic rings. The van der Waals surface area contributed by atoms with E-state index in [0.717, 1.165) is 18.5 Å². The Morgan fingerprint density at radius 3 is 1.85 bits per heavy atom. The lowest BCUT2D eigenvalue weighted by Crippen LogP contribution is -2.33. The van der Waals surface area contributed by atoms with Crippen molar-refractivity contribution in [1.82, 2.24) is 9.55 Å². The van der Waals surface area contributed by atoms with Crippen molar-refractivity contribution in [3.8, 4) is 50.7 Å². The summed E-state index contributed by atoms with van der Waals surface area (Å²) >= 11 is 0. The predicted molar refractivity (Wildman–Crippen MR) is 316 cm³/mol. The molecular weight excluding hydrogens is 913 g/mol. The van der Waals surface area contributed by atoms with Crippen molar-refractivity contribution in [2.75, 3.05) is 16.5 Å². The predicted octanol–water partition coefficient (Wildman–Crippen LogP) is 19.2. The Hall–Kier alpha value is -7.89. The molecule has 0 unspecified atom stereocenters. The van der Waals surface area contributed by atoms with Gasteiger partial charge in [0.25, 0.3) is 0 Å². The molecule has 0 saturated carbocycles. The number of ether oxygens (including phenoxy) is 1. The van der Waals surface area contributed by atoms with Crippen LogP contribution in [-0.4, -0.2) is 16.2 Å². The minimum Gasteiger partial charge on any atom is -0.457 e. The van der Waals surface area contributed by atoms with Gasteiger partial charge in [-0.25, -0.2) is 4.98 Å². The summed E-state index contributed by atoms with van der Waals surface area (Å²) in [6, 6.07) is 19.4. The van der Waals surface area contributed by atoms with Crippen LogP contribution in [0.1, 0.15) is 128 Å². The molecule has 1 aliphatic heterocycles. The van der Waals surface area contributed by atoms with E-state index in [0.29, 0.717) is 72.8 Å². The lowest BCUT2D eigenvalue weighted by Gasteiger charge is -2.42. The van der Waals surface area contributed by atoms with Crippen LogP contribution in [0.25, 0.3) is 61.0 Å². The smallest absolute Gasteiger partial charge is 0.137 e. The number of hydrogen-bond donors (Lipinski definition) is 0. The van der Waals surface area contributed by atoms with E-state index < -0.39 is 94.2 Å². The van der Waals surface area contributed by atoms with Gasteiger partial charge < -0.3 is 14.5 Å². The average molecular weight is 998 g/mol. The number of benzene rings is 8. The van der Waals surface area contributed by atoms with Gasteiger partial charge in [-0.1, -0.05) is 184 Å². The number of fused-ring (bicyclic) bond motifs is 5. The molecule has 5 nitrogen and oxygen atoms in total. The Morgan fingerprint density at radius 2 is 1.16 bits per heavy atom. The first-order valence-electron chi connectivity index (χ1n) is 34.0. The number of para-hydroxylation sites is 3. The molecule has 5 heteroatoms. The summed E-state index contributed by atoms with van der Waals surface area (Å²) in [4.78, 5) is 8.89. The van der Waals surface area contributed by atoms with Crippen LogP contribution in [0.5, 0.6) is 11.5 Å². The van der Waals surface area contributed by atoms with E-state index >= 15 is 0 Å². The van der Waals surface area contributed by atoms with Gasteiger partial charge in [0, 0.05) is 51.5 Å². The van der Waals surface area contributed by atoms with Crippen molar-refractivity contribution in [2.24, 2.45) is 0 Å². The normalized spacial score (nSPS) is 18.2. The molecule has 374 valence electrons. The number of anilines is 4. The molecule has 0 saturated heterocycles. The fourth-order valence-corrected chi connectivity index (χ4v) is 10.8. The molecule has 0 spiro atoms. The summed E-state index contributed by atoms with van der Waals surface area (Å²) in [5, 5.41) is 0.694. The standard InChI is InChI=1S/C70H68N4O/c1-67(2,3)49-39-55(46-22-13-11-14-23-46)66(56(40-49)48-32-35-58-60(38-48)70(9,10)37-36-69(58,7)8)73-45-72(62-30-19-20-31-63(62)73)50-26-21-27-51(41-50)75-52-33-34-54-53-28-17-18-29-61(53)74(64(54)42-52)65-43-59(68(4,5)6)57(44-71-65)47-24-15-12-16-25-47/h11-35,38-44H,36-37,45H2,1-10H3/i11D,12D,13D,14D,15D,16D,17D,18D,22D,23D,24D,25D,28D,29D,32D,35D,38D. The summed E-state index contributed by atoms with van der Waals surface area (Å²) in [5.41, 5.74) is 4.30. The molecule has 0 atom stereocenters. The van der Waals surface area contributed by atoms with Crippen LogP contribution < -0.4 is 14.5 Å². The van der Waals surface area contributed by atoms with E-state index in [1.165, 1.54) is 6.20 Å². The van der Waals surface area contributed by atoms with Gasteiger partial charge in [-0.3, -0.25) is 4.57 Å². The second-order valence-electron chi connectivity index (χ2n) is 23.1. The van der Waals surface area contributed by atoms with Crippen molar-refractivity contribution in [1.29, 1.82) is 0 Å². The molecule has 12 rings (SSSR count). The SMILES string of the molecule is [2H]c1c([2H])c([2H])c(-c2cnc(-n3c4cc(Oc5cccc(N6CN(c7c(-c8c([2H])c([2H])c([2H])c([2H])c8[2H])cc(C(C)(C)C)cc7-c7c([2H])c([2H])c8c(c7[2H])C(C)(C)CCC8(C)C)c7ccccc76)c5)ccc4c4c([2H])c([2H])c([2H])c([2H])c43)cc2C(C)(C)C)c([2H])c1[2H]. The van der Waals surface area contributed by atoms with Crippen molar-refractivity contribution in [2.45, 2.75) is 104 Å². The zero-order valence-electron chi connectivity index (χ0n) is 61.0. The number of aromatic nitrogens is 2. The highest BCUT2D eigenvalue weighted by Gasteiger charge is 2.38. The second-order valence-corrected chi connectivity index (χ2v) is 23.1. The van der Waals surface area contributed by atoms with Crippen molar-refractivity contribution in [3.05, 3.63) is 216 Å². The van der Waals surface area contributed by atoms with Crippen LogP contribution >= 0.6 is 0 Å². The van der Waals surface area contributed by atoms with Crippen LogP contribution in [0, 0.1) is 0 Å². The molecule has 0 N–H and O–H groups in total. The van der Waals surface area contributed by atoms with Gasteiger partial charge in [0.05, 0.1) is 51.4 Å². The lowest BCUT2D eigenvalue weighted by molar-refractivity contribution is 0.332. The quantitative estimate of drug-likeness (QED) is 0.152. The lowest BCUT2D eigenvalue weighted by atomic mass is 9.63. The van der Waals surface area contributed by atoms with Crippen LogP contribution in [0.15, 0.2) is 194 Å². The van der Waals surface area contributed by atoms with Crippen LogP contribution in [-0.2, 0) is 21.7 Å². The maximum atomic E-state index is 10.3. The van der Waals surface area contributed by atoms with Crippen molar-refractivity contribution < 1.29 is 28.0 Å². The van der Waals surface area contributed by atoms with Gasteiger partial charge >= 0.3 is 0 Å². The second kappa shape index (κ2) is 17.9.